The first-order chi connectivity index (χ1) is 25.8. The third kappa shape index (κ3) is 41.7. The summed E-state index contributed by atoms with van der Waals surface area (Å²) in [6, 6.07) is 0. The van der Waals surface area contributed by atoms with Gasteiger partial charge in [0.2, 0.25) is 5.91 Å². The van der Waals surface area contributed by atoms with Crippen molar-refractivity contribution in [3.05, 3.63) is 12.2 Å². The monoisotopic (exact) mass is 774 g/mol. The van der Waals surface area contributed by atoms with Crippen LogP contribution in [0.15, 0.2) is 12.2 Å². The molecule has 0 aliphatic rings. The summed E-state index contributed by atoms with van der Waals surface area (Å²) in [5, 5.41) is 12.7. The minimum absolute atomic E-state index is 0.0855. The molecule has 0 aliphatic heterocycles. The zero-order valence-corrected chi connectivity index (χ0v) is 35.4. The van der Waals surface area contributed by atoms with Crippen molar-refractivity contribution in [1.82, 2.24) is 5.32 Å². The molecule has 0 aromatic carbocycles. The number of amides is 1. The van der Waals surface area contributed by atoms with Crippen molar-refractivity contribution >= 4 is 19.7 Å². The predicted molar refractivity (Wildman–Crippen MR) is 220 cm³/mol. The number of esters is 1. The van der Waals surface area contributed by atoms with Gasteiger partial charge in [0.25, 0.3) is 0 Å². The lowest BCUT2D eigenvalue weighted by atomic mass is 10.0. The van der Waals surface area contributed by atoms with Crippen LogP contribution < -0.4 is 5.32 Å². The Hall–Kier alpha value is -1.25. The van der Waals surface area contributed by atoms with Crippen LogP contribution in [0.2, 0.25) is 0 Å². The van der Waals surface area contributed by atoms with E-state index in [1.807, 2.05) is 0 Å². The number of unbranched alkanes of at least 4 members (excludes halogenated alkanes) is 27. The van der Waals surface area contributed by atoms with E-state index >= 15 is 0 Å². The minimum atomic E-state index is -4.41. The van der Waals surface area contributed by atoms with Crippen molar-refractivity contribution in [1.29, 1.82) is 0 Å². The highest BCUT2D eigenvalue weighted by Crippen LogP contribution is 2.42. The van der Waals surface area contributed by atoms with Crippen LogP contribution in [0.4, 0.5) is 0 Å². The number of carbonyl (C=O) groups excluding carboxylic acids is 2. The van der Waals surface area contributed by atoms with E-state index in [-0.39, 0.29) is 32.1 Å². The third-order valence-electron chi connectivity index (χ3n) is 9.70. The molecule has 0 bridgehead atoms. The number of phosphoric ester groups is 1. The van der Waals surface area contributed by atoms with Gasteiger partial charge in [0, 0.05) is 19.4 Å². The standard InChI is InChI=1S/C43H84NO8P/c1-3-5-7-9-11-13-15-17-19-20-22-23-25-27-29-31-33-35-42(46)44-37-38-51-53(48,49)52-40-41(45)39-50-43(47)36-34-32-30-28-26-24-21-18-16-14-12-10-8-6-4-2/h18,21,41,45H,3-17,19-20,22-40H2,1-2H3,(H,44,46)(H,48,49)/b21-18-/t41-/m1/s1. The zero-order valence-electron chi connectivity index (χ0n) is 34.5. The molecule has 0 saturated heterocycles. The Labute approximate surface area is 326 Å². The second-order valence-electron chi connectivity index (χ2n) is 15.0. The summed E-state index contributed by atoms with van der Waals surface area (Å²) in [5.74, 6) is -0.516. The van der Waals surface area contributed by atoms with Gasteiger partial charge < -0.3 is 20.1 Å². The van der Waals surface area contributed by atoms with Gasteiger partial charge in [0.15, 0.2) is 0 Å². The van der Waals surface area contributed by atoms with Crippen molar-refractivity contribution in [2.45, 2.75) is 225 Å². The Kier molecular flexibility index (Phi) is 39.5. The lowest BCUT2D eigenvalue weighted by Gasteiger charge is -2.15. The van der Waals surface area contributed by atoms with E-state index in [0.29, 0.717) is 6.42 Å². The Morgan fingerprint density at radius 1 is 0.566 bits per heavy atom. The lowest BCUT2D eigenvalue weighted by molar-refractivity contribution is -0.147. The Morgan fingerprint density at radius 3 is 1.42 bits per heavy atom. The second kappa shape index (κ2) is 40.4. The Morgan fingerprint density at radius 2 is 0.962 bits per heavy atom. The van der Waals surface area contributed by atoms with Crippen LogP contribution in [0, 0.1) is 0 Å². The molecule has 0 saturated carbocycles. The summed E-state index contributed by atoms with van der Waals surface area (Å²) in [6.45, 7) is 3.57. The quantitative estimate of drug-likeness (QED) is 0.0242. The maximum absolute atomic E-state index is 12.1. The van der Waals surface area contributed by atoms with Crippen LogP contribution in [0.5, 0.6) is 0 Å². The number of aliphatic hydroxyl groups excluding tert-OH is 1. The highest BCUT2D eigenvalue weighted by molar-refractivity contribution is 7.47. The van der Waals surface area contributed by atoms with Crippen molar-refractivity contribution in [2.75, 3.05) is 26.4 Å². The van der Waals surface area contributed by atoms with Gasteiger partial charge in [-0.25, -0.2) is 4.57 Å². The number of aliphatic hydroxyl groups is 1. The largest absolute Gasteiger partial charge is 0.472 e. The zero-order chi connectivity index (χ0) is 38.9. The number of carbonyl (C=O) groups is 2. The molecule has 0 radical (unpaired) electrons. The van der Waals surface area contributed by atoms with E-state index in [4.69, 9.17) is 13.8 Å². The van der Waals surface area contributed by atoms with Crippen molar-refractivity contribution < 1.29 is 37.9 Å². The summed E-state index contributed by atoms with van der Waals surface area (Å²) in [4.78, 5) is 33.9. The molecule has 0 heterocycles. The van der Waals surface area contributed by atoms with Crippen molar-refractivity contribution in [3.8, 4) is 0 Å². The fraction of sp³-hybridized carbons (Fsp3) is 0.907. The maximum Gasteiger partial charge on any atom is 0.472 e. The fourth-order valence-electron chi connectivity index (χ4n) is 6.32. The topological polar surface area (TPSA) is 131 Å². The molecule has 0 aromatic rings. The summed E-state index contributed by atoms with van der Waals surface area (Å²) >= 11 is 0. The molecule has 10 heteroatoms. The number of nitrogens with one attached hydrogen (secondary N) is 1. The minimum Gasteiger partial charge on any atom is -0.463 e. The summed E-state index contributed by atoms with van der Waals surface area (Å²) in [7, 11) is -4.41. The highest BCUT2D eigenvalue weighted by atomic mass is 31.2. The molecule has 3 N–H and O–H groups in total. The molecule has 314 valence electrons. The van der Waals surface area contributed by atoms with E-state index in [2.05, 4.69) is 31.3 Å². The average Bonchev–Trinajstić information content (AvgIpc) is 3.14. The van der Waals surface area contributed by atoms with Crippen LogP contribution >= 0.6 is 7.82 Å². The lowest BCUT2D eigenvalue weighted by Crippen LogP contribution is -2.27. The van der Waals surface area contributed by atoms with Crippen LogP contribution in [0.25, 0.3) is 0 Å². The van der Waals surface area contributed by atoms with Gasteiger partial charge in [-0.3, -0.25) is 18.6 Å². The van der Waals surface area contributed by atoms with Gasteiger partial charge in [-0.15, -0.1) is 0 Å². The number of phosphoric acid groups is 1. The summed E-state index contributed by atoms with van der Waals surface area (Å²) in [6.07, 6.45) is 41.4. The first kappa shape index (κ1) is 51.8. The first-order valence-electron chi connectivity index (χ1n) is 22.2. The third-order valence-corrected chi connectivity index (χ3v) is 10.7. The molecule has 2 atom stereocenters. The number of hydrogen-bond donors (Lipinski definition) is 3. The van der Waals surface area contributed by atoms with E-state index in [1.165, 1.54) is 135 Å². The molecule has 0 fully saturated rings. The smallest absolute Gasteiger partial charge is 0.463 e. The van der Waals surface area contributed by atoms with E-state index in [1.54, 1.807) is 0 Å². The SMILES string of the molecule is CCCCCCCC/C=C\CCCCCCCC(=O)OC[C@@H](O)COP(=O)(O)OCCNC(=O)CCCCCCCCCCCCCCCCCCC. The molecule has 1 amide bonds. The fourth-order valence-corrected chi connectivity index (χ4v) is 7.07. The number of ether oxygens (including phenoxy) is 1. The maximum atomic E-state index is 12.1. The molecule has 53 heavy (non-hydrogen) atoms. The molecule has 0 aromatic heterocycles. The molecule has 0 aliphatic carbocycles. The van der Waals surface area contributed by atoms with Gasteiger partial charge in [-0.2, -0.15) is 0 Å². The van der Waals surface area contributed by atoms with Crippen LogP contribution in [0.3, 0.4) is 0 Å². The molecule has 0 spiro atoms. The van der Waals surface area contributed by atoms with Gasteiger partial charge in [0.05, 0.1) is 13.2 Å². The summed E-state index contributed by atoms with van der Waals surface area (Å²) < 4.78 is 26.9. The number of hydrogen-bond acceptors (Lipinski definition) is 7. The molecule has 9 nitrogen and oxygen atoms in total. The van der Waals surface area contributed by atoms with Crippen molar-refractivity contribution in [2.24, 2.45) is 0 Å². The van der Waals surface area contributed by atoms with Crippen LogP contribution in [0.1, 0.15) is 219 Å². The van der Waals surface area contributed by atoms with Gasteiger partial charge in [0.1, 0.15) is 12.7 Å². The van der Waals surface area contributed by atoms with Gasteiger partial charge in [-0.05, 0) is 38.5 Å². The Balaban J connectivity index is 3.57. The van der Waals surface area contributed by atoms with Gasteiger partial charge >= 0.3 is 13.8 Å². The summed E-state index contributed by atoms with van der Waals surface area (Å²) in [5.41, 5.74) is 0. The van der Waals surface area contributed by atoms with E-state index in [9.17, 15) is 24.2 Å². The van der Waals surface area contributed by atoms with Crippen LogP contribution in [-0.2, 0) is 27.9 Å². The number of rotatable bonds is 42. The average molecular weight is 774 g/mol. The first-order valence-corrected chi connectivity index (χ1v) is 23.7. The molecular formula is C43H84NO8P. The van der Waals surface area contributed by atoms with E-state index < -0.39 is 26.5 Å². The van der Waals surface area contributed by atoms with Crippen molar-refractivity contribution in [3.63, 3.8) is 0 Å². The molecule has 0 rings (SSSR count). The molecule has 1 unspecified atom stereocenters. The van der Waals surface area contributed by atoms with Crippen LogP contribution in [-0.4, -0.2) is 54.3 Å². The van der Waals surface area contributed by atoms with Gasteiger partial charge in [-0.1, -0.05) is 180 Å². The second-order valence-corrected chi connectivity index (χ2v) is 16.5. The van der Waals surface area contributed by atoms with E-state index in [0.717, 1.165) is 57.8 Å². The Bertz CT molecular complexity index is 886. The predicted octanol–water partition coefficient (Wildman–Crippen LogP) is 12.2. The number of allylic oxidation sites excluding steroid dienone is 2. The normalized spacial score (nSPS) is 13.4. The highest BCUT2D eigenvalue weighted by Gasteiger charge is 2.23. The molecular weight excluding hydrogens is 689 g/mol.